The van der Waals surface area contributed by atoms with E-state index in [0.717, 1.165) is 0 Å². The Morgan fingerprint density at radius 2 is 1.69 bits per heavy atom. The Hall–Kier alpha value is -3.36. The highest BCUT2D eigenvalue weighted by atomic mass is 19.3. The van der Waals surface area contributed by atoms with Gasteiger partial charge in [0.05, 0.1) is 20.3 Å². The molecule has 0 fully saturated rings. The molecule has 1 N–H and O–H groups in total. The molecule has 0 aliphatic carbocycles. The zero-order valence-electron chi connectivity index (χ0n) is 15.9. The number of likely N-dealkylation sites (N-methyl/N-ethyl adjacent to an activating group) is 1. The molecule has 0 aromatic heterocycles. The maximum absolute atomic E-state index is 13.0. The minimum atomic E-state index is -2.97. The third-order valence-electron chi connectivity index (χ3n) is 4.89. The molecule has 0 unspecified atom stereocenters. The average Bonchev–Trinajstić information content (AvgIpc) is 2.69. The van der Waals surface area contributed by atoms with Gasteiger partial charge in [0.1, 0.15) is 11.7 Å². The van der Waals surface area contributed by atoms with Crippen molar-refractivity contribution in [3.63, 3.8) is 0 Å². The van der Waals surface area contributed by atoms with Gasteiger partial charge in [0.2, 0.25) is 0 Å². The zero-order valence-corrected chi connectivity index (χ0v) is 15.9. The van der Waals surface area contributed by atoms with E-state index in [9.17, 15) is 23.5 Å². The second-order valence-electron chi connectivity index (χ2n) is 6.42. The summed E-state index contributed by atoms with van der Waals surface area (Å²) in [5, 5.41) is 9.95. The van der Waals surface area contributed by atoms with Crippen LogP contribution in [0.3, 0.4) is 0 Å². The second-order valence-corrected chi connectivity index (χ2v) is 6.42. The molecule has 1 aliphatic heterocycles. The first-order valence-corrected chi connectivity index (χ1v) is 8.59. The van der Waals surface area contributed by atoms with E-state index in [0.29, 0.717) is 17.1 Å². The molecule has 29 heavy (non-hydrogen) atoms. The van der Waals surface area contributed by atoms with E-state index in [1.165, 1.54) is 62.6 Å². The van der Waals surface area contributed by atoms with Crippen LogP contribution >= 0.6 is 0 Å². The van der Waals surface area contributed by atoms with Crippen molar-refractivity contribution in [2.45, 2.75) is 18.6 Å². The number of carbonyl (C=O) groups excluding carboxylic acids is 1. The van der Waals surface area contributed by atoms with Crippen LogP contribution in [-0.4, -0.2) is 49.8 Å². The van der Waals surface area contributed by atoms with Crippen molar-refractivity contribution in [2.24, 2.45) is 0 Å². The van der Waals surface area contributed by atoms with Crippen LogP contribution in [0.25, 0.3) is 0 Å². The van der Waals surface area contributed by atoms with Crippen molar-refractivity contribution in [3.05, 3.63) is 53.1 Å². The summed E-state index contributed by atoms with van der Waals surface area (Å²) in [6.07, 6.45) is 0. The van der Waals surface area contributed by atoms with Crippen molar-refractivity contribution < 1.29 is 37.7 Å². The molecule has 154 valence electrons. The molecule has 9 heteroatoms. The maximum Gasteiger partial charge on any atom is 0.387 e. The van der Waals surface area contributed by atoms with E-state index in [1.54, 1.807) is 0 Å². The number of benzene rings is 2. The van der Waals surface area contributed by atoms with Gasteiger partial charge in [-0.15, -0.1) is 0 Å². The van der Waals surface area contributed by atoms with Gasteiger partial charge in [0.15, 0.2) is 11.5 Å². The van der Waals surface area contributed by atoms with E-state index in [4.69, 9.17) is 9.47 Å². The molecule has 1 aliphatic rings. The van der Waals surface area contributed by atoms with Crippen LogP contribution < -0.4 is 14.2 Å². The van der Waals surface area contributed by atoms with Crippen LogP contribution in [-0.2, 0) is 4.79 Å². The standard InChI is InChI=1S/C20H19F2NO6/c1-23-17(10-4-6-11(7-5-10)29-20(21)22)16(19(25)26)12-8-14(27-2)15(28-3)9-13(12)18(23)24/h4-9,16-17,20H,1-3H3,(H,25,26)/t16-,17-/m0/s1. The molecular formula is C20H19F2NO6. The van der Waals surface area contributed by atoms with E-state index >= 15 is 0 Å². The fraction of sp³-hybridized carbons (Fsp3) is 0.300. The number of rotatable bonds is 6. The molecule has 1 heterocycles. The fourth-order valence-electron chi connectivity index (χ4n) is 3.58. The number of carboxylic acid groups (broad SMARTS) is 1. The highest BCUT2D eigenvalue weighted by Gasteiger charge is 2.43. The Bertz CT molecular complexity index is 931. The fourth-order valence-corrected chi connectivity index (χ4v) is 3.58. The molecule has 2 aromatic carbocycles. The molecule has 0 spiro atoms. The third kappa shape index (κ3) is 3.67. The number of fused-ring (bicyclic) bond motifs is 1. The number of ether oxygens (including phenoxy) is 3. The number of amides is 1. The van der Waals surface area contributed by atoms with Crippen LogP contribution in [0.4, 0.5) is 8.78 Å². The summed E-state index contributed by atoms with van der Waals surface area (Å²) in [5.74, 6) is -2.09. The quantitative estimate of drug-likeness (QED) is 0.791. The Labute approximate surface area is 165 Å². The first kappa shape index (κ1) is 20.4. The zero-order chi connectivity index (χ0) is 21.3. The number of alkyl halides is 2. The lowest BCUT2D eigenvalue weighted by Gasteiger charge is -2.39. The Kier molecular flexibility index (Phi) is 5.58. The lowest BCUT2D eigenvalue weighted by Crippen LogP contribution is -2.42. The van der Waals surface area contributed by atoms with Crippen molar-refractivity contribution in [1.29, 1.82) is 0 Å². The van der Waals surface area contributed by atoms with Crippen LogP contribution in [0.1, 0.15) is 33.4 Å². The molecule has 1 amide bonds. The van der Waals surface area contributed by atoms with Crippen LogP contribution in [0, 0.1) is 0 Å². The molecule has 0 saturated heterocycles. The molecule has 2 aromatic rings. The molecular weight excluding hydrogens is 388 g/mol. The van der Waals surface area contributed by atoms with Crippen molar-refractivity contribution in [1.82, 2.24) is 4.90 Å². The first-order valence-electron chi connectivity index (χ1n) is 8.59. The Morgan fingerprint density at radius 3 is 2.21 bits per heavy atom. The van der Waals surface area contributed by atoms with Gasteiger partial charge in [0.25, 0.3) is 5.91 Å². The van der Waals surface area contributed by atoms with Crippen LogP contribution in [0.2, 0.25) is 0 Å². The van der Waals surface area contributed by atoms with Gasteiger partial charge < -0.3 is 24.2 Å². The maximum atomic E-state index is 13.0. The summed E-state index contributed by atoms with van der Waals surface area (Å²) < 4.78 is 39.6. The number of nitrogens with zero attached hydrogens (tertiary/aromatic N) is 1. The number of carboxylic acids is 1. The number of carbonyl (C=O) groups is 2. The number of hydrogen-bond donors (Lipinski definition) is 1. The average molecular weight is 407 g/mol. The van der Waals surface area contributed by atoms with E-state index < -0.39 is 30.4 Å². The molecule has 0 saturated carbocycles. The lowest BCUT2D eigenvalue weighted by atomic mass is 9.80. The number of methoxy groups -OCH3 is 2. The summed E-state index contributed by atoms with van der Waals surface area (Å²) in [7, 11) is 4.32. The predicted molar refractivity (Wildman–Crippen MR) is 97.8 cm³/mol. The minimum Gasteiger partial charge on any atom is -0.493 e. The summed E-state index contributed by atoms with van der Waals surface area (Å²) in [6, 6.07) is 7.64. The van der Waals surface area contributed by atoms with Crippen molar-refractivity contribution in [2.75, 3.05) is 21.3 Å². The van der Waals surface area contributed by atoms with Crippen molar-refractivity contribution in [3.8, 4) is 17.2 Å². The largest absolute Gasteiger partial charge is 0.493 e. The van der Waals surface area contributed by atoms with Gasteiger partial charge in [-0.05, 0) is 35.4 Å². The first-order chi connectivity index (χ1) is 13.8. The summed E-state index contributed by atoms with van der Waals surface area (Å²) in [6.45, 7) is -2.97. The molecule has 2 atom stereocenters. The van der Waals surface area contributed by atoms with Crippen LogP contribution in [0.15, 0.2) is 36.4 Å². The molecule has 3 rings (SSSR count). The SMILES string of the molecule is COc1cc2c(cc1OC)[C@H](C(=O)O)[C@H](c1ccc(OC(F)F)cc1)N(C)C2=O. The normalized spacial score (nSPS) is 18.4. The lowest BCUT2D eigenvalue weighted by molar-refractivity contribution is -0.140. The van der Waals surface area contributed by atoms with E-state index in [1.807, 2.05) is 0 Å². The van der Waals surface area contributed by atoms with Gasteiger partial charge in [-0.25, -0.2) is 0 Å². The Balaban J connectivity index is 2.12. The van der Waals surface area contributed by atoms with Gasteiger partial charge in [-0.2, -0.15) is 8.78 Å². The van der Waals surface area contributed by atoms with E-state index in [-0.39, 0.29) is 16.9 Å². The smallest absolute Gasteiger partial charge is 0.387 e. The van der Waals surface area contributed by atoms with Gasteiger partial charge in [0, 0.05) is 12.6 Å². The topological polar surface area (TPSA) is 85.3 Å². The molecule has 7 nitrogen and oxygen atoms in total. The highest BCUT2D eigenvalue weighted by molar-refractivity contribution is 6.01. The summed E-state index contributed by atoms with van der Waals surface area (Å²) in [5.41, 5.74) is 0.956. The predicted octanol–water partition coefficient (Wildman–Crippen LogP) is 3.30. The number of hydrogen-bond acceptors (Lipinski definition) is 5. The Morgan fingerprint density at radius 1 is 1.10 bits per heavy atom. The molecule has 0 radical (unpaired) electrons. The van der Waals surface area contributed by atoms with Gasteiger partial charge in [-0.3, -0.25) is 9.59 Å². The van der Waals surface area contributed by atoms with Gasteiger partial charge >= 0.3 is 12.6 Å². The number of halogens is 2. The third-order valence-corrected chi connectivity index (χ3v) is 4.89. The van der Waals surface area contributed by atoms with Gasteiger partial charge in [-0.1, -0.05) is 12.1 Å². The summed E-state index contributed by atoms with van der Waals surface area (Å²) in [4.78, 5) is 26.5. The minimum absolute atomic E-state index is 0.0628. The van der Waals surface area contributed by atoms with Crippen molar-refractivity contribution >= 4 is 11.9 Å². The van der Waals surface area contributed by atoms with E-state index in [2.05, 4.69) is 4.74 Å². The number of aliphatic carboxylic acids is 1. The van der Waals surface area contributed by atoms with Crippen LogP contribution in [0.5, 0.6) is 17.2 Å². The highest BCUT2D eigenvalue weighted by Crippen LogP contribution is 2.45. The summed E-state index contributed by atoms with van der Waals surface area (Å²) >= 11 is 0. The molecule has 0 bridgehead atoms. The second kappa shape index (κ2) is 7.94. The monoisotopic (exact) mass is 407 g/mol.